The largest absolute Gasteiger partial charge is 0.393 e. The van der Waals surface area contributed by atoms with Crippen LogP contribution in [0.5, 0.6) is 0 Å². The molecule has 18 heavy (non-hydrogen) atoms. The molecular weight excluding hydrogens is 224 g/mol. The first-order valence-electron chi connectivity index (χ1n) is 6.62. The zero-order valence-electron chi connectivity index (χ0n) is 10.8. The Morgan fingerprint density at radius 3 is 2.61 bits per heavy atom. The molecule has 0 spiro atoms. The molecule has 0 bridgehead atoms. The molecule has 1 aromatic heterocycles. The van der Waals surface area contributed by atoms with Crippen molar-refractivity contribution in [1.82, 2.24) is 4.57 Å². The van der Waals surface area contributed by atoms with E-state index in [1.165, 1.54) is 16.6 Å². The maximum atomic E-state index is 9.64. The van der Waals surface area contributed by atoms with Crippen LogP contribution in [0.1, 0.15) is 31.4 Å². The molecule has 0 atom stereocenters. The monoisotopic (exact) mass is 244 g/mol. The lowest BCUT2D eigenvalue weighted by Gasteiger charge is -2.36. The highest BCUT2D eigenvalue weighted by molar-refractivity contribution is 5.81. The number of hydrogen-bond donors (Lipinski definition) is 2. The number of nitrogens with zero attached hydrogens (tertiary/aromatic N) is 1. The van der Waals surface area contributed by atoms with E-state index in [0.29, 0.717) is 0 Å². The molecule has 1 aliphatic carbocycles. The van der Waals surface area contributed by atoms with Gasteiger partial charge in [-0.25, -0.2) is 0 Å². The second-order valence-electron chi connectivity index (χ2n) is 5.53. The summed E-state index contributed by atoms with van der Waals surface area (Å²) >= 11 is 0. The van der Waals surface area contributed by atoms with Gasteiger partial charge in [-0.2, -0.15) is 0 Å². The van der Waals surface area contributed by atoms with Crippen molar-refractivity contribution in [3.8, 4) is 0 Å². The molecule has 0 saturated heterocycles. The summed E-state index contributed by atoms with van der Waals surface area (Å²) in [5, 5.41) is 10.9. The molecule has 0 unspecified atom stereocenters. The van der Waals surface area contributed by atoms with E-state index in [1.807, 2.05) is 0 Å². The predicted octanol–water partition coefficient (Wildman–Crippen LogP) is 2.27. The fourth-order valence-corrected chi connectivity index (χ4v) is 3.14. The van der Waals surface area contributed by atoms with Crippen LogP contribution in [0.4, 0.5) is 0 Å². The summed E-state index contributed by atoms with van der Waals surface area (Å²) in [5.41, 5.74) is 8.71. The molecule has 1 aliphatic rings. The van der Waals surface area contributed by atoms with E-state index in [-0.39, 0.29) is 11.6 Å². The van der Waals surface area contributed by atoms with Crippen LogP contribution in [0.15, 0.2) is 30.3 Å². The SMILES string of the molecule is Cn1c(C2(N)CCC(O)CC2)cc2ccccc21. The van der Waals surface area contributed by atoms with Gasteiger partial charge < -0.3 is 15.4 Å². The minimum Gasteiger partial charge on any atom is -0.393 e. The zero-order chi connectivity index (χ0) is 12.8. The number of fused-ring (bicyclic) bond motifs is 1. The first-order chi connectivity index (χ1) is 8.60. The van der Waals surface area contributed by atoms with Crippen LogP contribution in [-0.2, 0) is 12.6 Å². The Morgan fingerprint density at radius 2 is 1.94 bits per heavy atom. The van der Waals surface area contributed by atoms with Crippen LogP contribution in [0.2, 0.25) is 0 Å². The van der Waals surface area contributed by atoms with Crippen molar-refractivity contribution in [2.45, 2.75) is 37.3 Å². The Balaban J connectivity index is 2.06. The number of hydrogen-bond acceptors (Lipinski definition) is 2. The van der Waals surface area contributed by atoms with Crippen molar-refractivity contribution in [2.24, 2.45) is 12.8 Å². The third kappa shape index (κ3) is 1.74. The van der Waals surface area contributed by atoms with Crippen molar-refractivity contribution in [3.63, 3.8) is 0 Å². The fourth-order valence-electron chi connectivity index (χ4n) is 3.14. The molecule has 1 saturated carbocycles. The molecule has 1 aromatic carbocycles. The molecule has 0 radical (unpaired) electrons. The molecule has 3 nitrogen and oxygen atoms in total. The summed E-state index contributed by atoms with van der Waals surface area (Å²) in [7, 11) is 2.08. The van der Waals surface area contributed by atoms with Crippen LogP contribution in [0.3, 0.4) is 0 Å². The minimum atomic E-state index is -0.285. The van der Waals surface area contributed by atoms with Crippen molar-refractivity contribution in [1.29, 1.82) is 0 Å². The van der Waals surface area contributed by atoms with Gasteiger partial charge in [-0.05, 0) is 43.2 Å². The minimum absolute atomic E-state index is 0.170. The van der Waals surface area contributed by atoms with E-state index in [9.17, 15) is 5.11 Å². The van der Waals surface area contributed by atoms with E-state index in [0.717, 1.165) is 25.7 Å². The van der Waals surface area contributed by atoms with Gasteiger partial charge in [0.1, 0.15) is 0 Å². The number of benzene rings is 1. The summed E-state index contributed by atoms with van der Waals surface area (Å²) < 4.78 is 2.20. The number of aliphatic hydroxyl groups excluding tert-OH is 1. The van der Waals surface area contributed by atoms with Gasteiger partial charge in [0, 0.05) is 18.3 Å². The molecule has 0 aliphatic heterocycles. The highest BCUT2D eigenvalue weighted by Gasteiger charge is 2.34. The number of rotatable bonds is 1. The average Bonchev–Trinajstić information content (AvgIpc) is 2.72. The summed E-state index contributed by atoms with van der Waals surface area (Å²) in [6, 6.07) is 10.6. The number of aryl methyl sites for hydroxylation is 1. The number of aromatic nitrogens is 1. The van der Waals surface area contributed by atoms with Crippen molar-refractivity contribution in [3.05, 3.63) is 36.0 Å². The third-order valence-electron chi connectivity index (χ3n) is 4.31. The van der Waals surface area contributed by atoms with Crippen LogP contribution in [0.25, 0.3) is 10.9 Å². The highest BCUT2D eigenvalue weighted by atomic mass is 16.3. The van der Waals surface area contributed by atoms with Gasteiger partial charge in [-0.3, -0.25) is 0 Å². The molecule has 1 fully saturated rings. The number of nitrogens with two attached hydrogens (primary N) is 1. The van der Waals surface area contributed by atoms with Crippen molar-refractivity contribution < 1.29 is 5.11 Å². The van der Waals surface area contributed by atoms with E-state index in [4.69, 9.17) is 5.73 Å². The summed E-state index contributed by atoms with van der Waals surface area (Å²) in [6.45, 7) is 0. The van der Waals surface area contributed by atoms with Gasteiger partial charge in [0.15, 0.2) is 0 Å². The van der Waals surface area contributed by atoms with Gasteiger partial charge in [0.05, 0.1) is 11.6 Å². The smallest absolute Gasteiger partial charge is 0.0565 e. The lowest BCUT2D eigenvalue weighted by molar-refractivity contribution is 0.0948. The van der Waals surface area contributed by atoms with Crippen LogP contribution in [-0.4, -0.2) is 15.8 Å². The van der Waals surface area contributed by atoms with Crippen LogP contribution < -0.4 is 5.73 Å². The van der Waals surface area contributed by atoms with Gasteiger partial charge in [-0.15, -0.1) is 0 Å². The number of aliphatic hydroxyl groups is 1. The zero-order valence-corrected chi connectivity index (χ0v) is 10.8. The van der Waals surface area contributed by atoms with Crippen LogP contribution >= 0.6 is 0 Å². The van der Waals surface area contributed by atoms with Crippen molar-refractivity contribution >= 4 is 10.9 Å². The van der Waals surface area contributed by atoms with Gasteiger partial charge in [0.25, 0.3) is 0 Å². The Kier molecular flexibility index (Phi) is 2.68. The maximum absolute atomic E-state index is 9.64. The van der Waals surface area contributed by atoms with E-state index in [2.05, 4.69) is 41.9 Å². The molecule has 3 rings (SSSR count). The second kappa shape index (κ2) is 4.11. The Bertz CT molecular complexity index is 565. The second-order valence-corrected chi connectivity index (χ2v) is 5.53. The molecule has 96 valence electrons. The first kappa shape index (κ1) is 11.8. The summed E-state index contributed by atoms with van der Waals surface area (Å²) in [4.78, 5) is 0. The predicted molar refractivity (Wildman–Crippen MR) is 73.3 cm³/mol. The Labute approximate surface area is 107 Å². The Morgan fingerprint density at radius 1 is 1.28 bits per heavy atom. The highest BCUT2D eigenvalue weighted by Crippen LogP contribution is 2.37. The standard InChI is InChI=1S/C15H20N2O/c1-17-13-5-3-2-4-11(13)10-14(17)15(16)8-6-12(18)7-9-15/h2-5,10,12,18H,6-9,16H2,1H3. The van der Waals surface area contributed by atoms with Crippen molar-refractivity contribution in [2.75, 3.05) is 0 Å². The Hall–Kier alpha value is -1.32. The van der Waals surface area contributed by atoms with E-state index in [1.54, 1.807) is 0 Å². The van der Waals surface area contributed by atoms with Gasteiger partial charge >= 0.3 is 0 Å². The quantitative estimate of drug-likeness (QED) is 0.808. The molecule has 0 amide bonds. The van der Waals surface area contributed by atoms with Gasteiger partial charge in [-0.1, -0.05) is 18.2 Å². The van der Waals surface area contributed by atoms with Crippen LogP contribution in [0, 0.1) is 0 Å². The first-order valence-corrected chi connectivity index (χ1v) is 6.62. The summed E-state index contributed by atoms with van der Waals surface area (Å²) in [5.74, 6) is 0. The van der Waals surface area contributed by atoms with Gasteiger partial charge in [0.2, 0.25) is 0 Å². The molecular formula is C15H20N2O. The summed E-state index contributed by atoms with van der Waals surface area (Å²) in [6.07, 6.45) is 3.16. The molecule has 2 aromatic rings. The number of para-hydroxylation sites is 1. The molecule has 1 heterocycles. The normalized spacial score (nSPS) is 28.7. The third-order valence-corrected chi connectivity index (χ3v) is 4.31. The maximum Gasteiger partial charge on any atom is 0.0565 e. The molecule has 3 N–H and O–H groups in total. The van der Waals surface area contributed by atoms with E-state index < -0.39 is 0 Å². The fraction of sp³-hybridized carbons (Fsp3) is 0.467. The topological polar surface area (TPSA) is 51.2 Å². The molecule has 3 heteroatoms. The lowest BCUT2D eigenvalue weighted by atomic mass is 9.79. The van der Waals surface area contributed by atoms with E-state index >= 15 is 0 Å². The lowest BCUT2D eigenvalue weighted by Crippen LogP contribution is -2.42. The average molecular weight is 244 g/mol.